The van der Waals surface area contributed by atoms with Crippen LogP contribution >= 0.6 is 0 Å². The number of nitrogens with zero attached hydrogens (tertiary/aromatic N) is 1. The Kier molecular flexibility index (Phi) is 1.02. The molecule has 2 aromatic rings. The number of anilines is 1. The van der Waals surface area contributed by atoms with Gasteiger partial charge in [0.05, 0.1) is 5.52 Å². The molecule has 0 saturated carbocycles. The molecular weight excluding hydrogens is 168 g/mol. The van der Waals surface area contributed by atoms with Gasteiger partial charge in [-0.05, 0) is 18.6 Å². The predicted molar refractivity (Wildman–Crippen MR) is 48.6 cm³/mol. The summed E-state index contributed by atoms with van der Waals surface area (Å²) in [5.41, 5.74) is 9.10. The second-order valence-corrected chi connectivity index (χ2v) is 3.25. The van der Waals surface area contributed by atoms with Crippen LogP contribution in [0.25, 0.3) is 11.1 Å². The highest BCUT2D eigenvalue weighted by Crippen LogP contribution is 2.28. The summed E-state index contributed by atoms with van der Waals surface area (Å²) in [7, 11) is 0. The lowest BCUT2D eigenvalue weighted by Gasteiger charge is -1.97. The van der Waals surface area contributed by atoms with Crippen LogP contribution in [0.1, 0.15) is 5.56 Å². The van der Waals surface area contributed by atoms with E-state index in [1.54, 1.807) is 16.7 Å². The monoisotopic (exact) mass is 176 g/mol. The molecule has 66 valence electrons. The predicted octanol–water partition coefficient (Wildman–Crippen LogP) is 0.733. The lowest BCUT2D eigenvalue weighted by molar-refractivity contribution is 0.509. The van der Waals surface area contributed by atoms with Crippen molar-refractivity contribution in [2.45, 2.75) is 13.0 Å². The van der Waals surface area contributed by atoms with Crippen molar-refractivity contribution in [1.29, 1.82) is 0 Å². The van der Waals surface area contributed by atoms with E-state index in [-0.39, 0.29) is 5.76 Å². The highest BCUT2D eigenvalue weighted by molar-refractivity contribution is 5.83. The molecule has 0 saturated heterocycles. The van der Waals surface area contributed by atoms with Crippen LogP contribution in [0, 0.1) is 0 Å². The van der Waals surface area contributed by atoms with Crippen LogP contribution in [0.3, 0.4) is 0 Å². The third-order valence-corrected chi connectivity index (χ3v) is 2.55. The van der Waals surface area contributed by atoms with Crippen molar-refractivity contribution in [1.82, 2.24) is 4.57 Å². The summed E-state index contributed by atoms with van der Waals surface area (Å²) in [6, 6.07) is 3.54. The lowest BCUT2D eigenvalue weighted by Crippen LogP contribution is -2.10. The van der Waals surface area contributed by atoms with Crippen LogP contribution in [0.4, 0.5) is 5.69 Å². The van der Waals surface area contributed by atoms with Gasteiger partial charge in [-0.2, -0.15) is 0 Å². The van der Waals surface area contributed by atoms with E-state index in [0.29, 0.717) is 12.1 Å². The molecule has 0 fully saturated rings. The smallest absolute Gasteiger partial charge is 0.408 e. The Bertz CT molecular complexity index is 550. The molecule has 0 atom stereocenters. The summed E-state index contributed by atoms with van der Waals surface area (Å²) >= 11 is 0. The highest BCUT2D eigenvalue weighted by Gasteiger charge is 2.20. The third kappa shape index (κ3) is 0.678. The molecule has 1 aromatic heterocycles. The standard InChI is InChI=1S/C9H8N2O2/c10-6-1-2-7-8-5(6)3-4-11(8)9(12)13-7/h1-2H,3-4,10H2. The van der Waals surface area contributed by atoms with E-state index >= 15 is 0 Å². The molecule has 2 heterocycles. The van der Waals surface area contributed by atoms with Crippen molar-refractivity contribution >= 4 is 16.8 Å². The van der Waals surface area contributed by atoms with Crippen molar-refractivity contribution in [2.24, 2.45) is 0 Å². The van der Waals surface area contributed by atoms with E-state index in [4.69, 9.17) is 10.2 Å². The minimum atomic E-state index is -0.278. The molecule has 0 aliphatic carbocycles. The molecule has 1 aromatic carbocycles. The number of hydrogen-bond donors (Lipinski definition) is 1. The minimum absolute atomic E-state index is 0.278. The van der Waals surface area contributed by atoms with E-state index in [0.717, 1.165) is 23.2 Å². The minimum Gasteiger partial charge on any atom is -0.408 e. The molecule has 0 radical (unpaired) electrons. The molecule has 13 heavy (non-hydrogen) atoms. The van der Waals surface area contributed by atoms with Crippen LogP contribution in [0.15, 0.2) is 21.3 Å². The van der Waals surface area contributed by atoms with Crippen molar-refractivity contribution in [2.75, 3.05) is 5.73 Å². The quantitative estimate of drug-likeness (QED) is 0.602. The number of rotatable bonds is 0. The van der Waals surface area contributed by atoms with Crippen LogP contribution in [-0.4, -0.2) is 4.57 Å². The summed E-state index contributed by atoms with van der Waals surface area (Å²) < 4.78 is 6.68. The summed E-state index contributed by atoms with van der Waals surface area (Å²) in [5, 5.41) is 0. The Morgan fingerprint density at radius 2 is 2.31 bits per heavy atom. The lowest BCUT2D eigenvalue weighted by atomic mass is 10.1. The Morgan fingerprint density at radius 3 is 3.15 bits per heavy atom. The first-order valence-electron chi connectivity index (χ1n) is 4.18. The van der Waals surface area contributed by atoms with Gasteiger partial charge in [-0.3, -0.25) is 4.57 Å². The molecule has 0 bridgehead atoms. The maximum absolute atomic E-state index is 11.3. The third-order valence-electron chi connectivity index (χ3n) is 2.55. The number of nitrogen functional groups attached to an aromatic ring is 1. The summed E-state index contributed by atoms with van der Waals surface area (Å²) in [6.07, 6.45) is 0.837. The molecule has 4 heteroatoms. The Labute approximate surface area is 73.6 Å². The molecular formula is C9H8N2O2. The summed E-state index contributed by atoms with van der Waals surface area (Å²) in [6.45, 7) is 0.690. The van der Waals surface area contributed by atoms with Crippen molar-refractivity contribution in [3.05, 3.63) is 28.2 Å². The molecule has 1 aliphatic rings. The van der Waals surface area contributed by atoms with Crippen molar-refractivity contribution in [3.63, 3.8) is 0 Å². The van der Waals surface area contributed by atoms with Gasteiger partial charge in [0.2, 0.25) is 0 Å². The van der Waals surface area contributed by atoms with E-state index in [1.165, 1.54) is 0 Å². The fraction of sp³-hybridized carbons (Fsp3) is 0.222. The number of aromatic nitrogens is 1. The largest absolute Gasteiger partial charge is 0.419 e. The second kappa shape index (κ2) is 1.96. The summed E-state index contributed by atoms with van der Waals surface area (Å²) in [4.78, 5) is 11.3. The topological polar surface area (TPSA) is 61.2 Å². The molecule has 0 amide bonds. The van der Waals surface area contributed by atoms with Crippen LogP contribution in [0.5, 0.6) is 0 Å². The SMILES string of the molecule is Nc1ccc2oc(=O)n3c2c1CC3. The Morgan fingerprint density at radius 1 is 1.46 bits per heavy atom. The zero-order valence-corrected chi connectivity index (χ0v) is 6.91. The maximum atomic E-state index is 11.3. The van der Waals surface area contributed by atoms with Crippen LogP contribution in [0.2, 0.25) is 0 Å². The molecule has 4 nitrogen and oxygen atoms in total. The first-order valence-corrected chi connectivity index (χ1v) is 4.18. The highest BCUT2D eigenvalue weighted by atomic mass is 16.4. The number of nitrogens with two attached hydrogens (primary N) is 1. The number of aryl methyl sites for hydroxylation is 2. The van der Waals surface area contributed by atoms with Gasteiger partial charge in [-0.1, -0.05) is 0 Å². The van der Waals surface area contributed by atoms with Gasteiger partial charge in [-0.15, -0.1) is 0 Å². The number of benzene rings is 1. The van der Waals surface area contributed by atoms with E-state index in [1.807, 2.05) is 0 Å². The van der Waals surface area contributed by atoms with E-state index in [2.05, 4.69) is 0 Å². The van der Waals surface area contributed by atoms with Gasteiger partial charge in [0.25, 0.3) is 0 Å². The normalized spacial score (nSPS) is 14.2. The van der Waals surface area contributed by atoms with Gasteiger partial charge in [-0.25, -0.2) is 4.79 Å². The zero-order chi connectivity index (χ0) is 9.00. The Hall–Kier alpha value is -1.71. The average Bonchev–Trinajstić information content (AvgIpc) is 2.64. The van der Waals surface area contributed by atoms with Crippen LogP contribution in [-0.2, 0) is 13.0 Å². The van der Waals surface area contributed by atoms with Gasteiger partial charge in [0.1, 0.15) is 0 Å². The van der Waals surface area contributed by atoms with Crippen molar-refractivity contribution in [3.8, 4) is 0 Å². The Balaban J connectivity index is 2.64. The van der Waals surface area contributed by atoms with E-state index < -0.39 is 0 Å². The summed E-state index contributed by atoms with van der Waals surface area (Å²) in [5.74, 6) is -0.278. The number of hydrogen-bond acceptors (Lipinski definition) is 3. The first kappa shape index (κ1) is 6.77. The van der Waals surface area contributed by atoms with Gasteiger partial charge < -0.3 is 10.2 Å². The fourth-order valence-corrected chi connectivity index (χ4v) is 1.94. The maximum Gasteiger partial charge on any atom is 0.419 e. The zero-order valence-electron chi connectivity index (χ0n) is 6.91. The van der Waals surface area contributed by atoms with E-state index in [9.17, 15) is 4.79 Å². The first-order chi connectivity index (χ1) is 6.27. The van der Waals surface area contributed by atoms with Gasteiger partial charge in [0, 0.05) is 17.8 Å². The van der Waals surface area contributed by atoms with Crippen molar-refractivity contribution < 1.29 is 4.42 Å². The second-order valence-electron chi connectivity index (χ2n) is 3.25. The fourth-order valence-electron chi connectivity index (χ4n) is 1.94. The van der Waals surface area contributed by atoms with Gasteiger partial charge in [0.15, 0.2) is 5.58 Å². The molecule has 3 rings (SSSR count). The van der Waals surface area contributed by atoms with Gasteiger partial charge >= 0.3 is 5.76 Å². The molecule has 0 unspecified atom stereocenters. The molecule has 0 spiro atoms. The average molecular weight is 176 g/mol. The van der Waals surface area contributed by atoms with Crippen LogP contribution < -0.4 is 11.5 Å². The molecule has 2 N–H and O–H groups in total. The molecule has 1 aliphatic heterocycles. The number of oxazole rings is 1.